The first kappa shape index (κ1) is 49.9. The second-order valence-electron chi connectivity index (χ2n) is 22.3. The Morgan fingerprint density at radius 2 is 1.71 bits per heavy atom. The van der Waals surface area contributed by atoms with Crippen LogP contribution in [0, 0.1) is 24.1 Å². The first-order valence-electron chi connectivity index (χ1n) is 26.2. The molecular formula is C52H65FN16O6. The number of nitrogens with two attached hydrogens (primary N) is 1. The van der Waals surface area contributed by atoms with E-state index in [9.17, 15) is 19.2 Å². The van der Waals surface area contributed by atoms with Crippen molar-refractivity contribution in [2.75, 3.05) is 87.6 Å². The Balaban J connectivity index is 0.000000162. The van der Waals surface area contributed by atoms with Crippen molar-refractivity contribution in [2.24, 2.45) is 18.4 Å². The Morgan fingerprint density at radius 1 is 0.960 bits per heavy atom. The summed E-state index contributed by atoms with van der Waals surface area (Å²) in [5.74, 6) is 2.59. The summed E-state index contributed by atoms with van der Waals surface area (Å²) in [6.45, 7) is 18.5. The van der Waals surface area contributed by atoms with Gasteiger partial charge in [0.1, 0.15) is 29.4 Å². The van der Waals surface area contributed by atoms with Gasteiger partial charge in [-0.15, -0.1) is 0 Å². The summed E-state index contributed by atoms with van der Waals surface area (Å²) in [6, 6.07) is 2.75. The average molecular weight is 1030 g/mol. The fraction of sp³-hybridized carbons (Fsp3) is 0.558. The molecule has 1 spiro atoms. The minimum atomic E-state index is -0.528. The highest BCUT2D eigenvalue weighted by molar-refractivity contribution is 6.09. The van der Waals surface area contributed by atoms with Crippen molar-refractivity contribution in [1.29, 1.82) is 0 Å². The fourth-order valence-electron chi connectivity index (χ4n) is 11.7. The van der Waals surface area contributed by atoms with Gasteiger partial charge in [0.05, 0.1) is 34.3 Å². The number of piperidine rings is 2. The lowest BCUT2D eigenvalue weighted by Crippen LogP contribution is -2.72. The van der Waals surface area contributed by atoms with E-state index in [-0.39, 0.29) is 53.6 Å². The van der Waals surface area contributed by atoms with E-state index in [0.717, 1.165) is 119 Å². The number of hydrogen-bond acceptors (Lipinski definition) is 16. The third kappa shape index (κ3) is 9.47. The Hall–Kier alpha value is -7.30. The Morgan fingerprint density at radius 3 is 2.37 bits per heavy atom. The number of nitrogens with one attached hydrogen (secondary N) is 1. The van der Waals surface area contributed by atoms with Crippen LogP contribution in [-0.2, 0) is 26.9 Å². The van der Waals surface area contributed by atoms with Crippen LogP contribution in [0.1, 0.15) is 101 Å². The van der Waals surface area contributed by atoms with E-state index in [1.807, 2.05) is 35.7 Å². The quantitative estimate of drug-likeness (QED) is 0.151. The molecule has 0 radical (unpaired) electrons. The Labute approximate surface area is 433 Å². The molecule has 6 aliphatic rings. The van der Waals surface area contributed by atoms with Gasteiger partial charge in [-0.05, 0) is 103 Å². The molecule has 1 aromatic carbocycles. The molecule has 396 valence electrons. The fourth-order valence-corrected chi connectivity index (χ4v) is 11.7. The number of rotatable bonds is 10. The number of nitrogen functional groups attached to an aromatic ring is 1. The number of nitrogens with zero attached hydrogens (tertiary/aromatic N) is 14. The lowest BCUT2D eigenvalue weighted by atomic mass is 9.72. The van der Waals surface area contributed by atoms with Crippen LogP contribution in [0.15, 0.2) is 29.2 Å². The van der Waals surface area contributed by atoms with E-state index in [1.54, 1.807) is 16.6 Å². The van der Waals surface area contributed by atoms with Gasteiger partial charge in [-0.3, -0.25) is 24.5 Å². The normalized spacial score (nSPS) is 19.6. The molecule has 10 heterocycles. The maximum absolute atomic E-state index is 15.2. The van der Waals surface area contributed by atoms with Crippen LogP contribution >= 0.6 is 0 Å². The maximum Gasteiger partial charge on any atom is 0.409 e. The van der Waals surface area contributed by atoms with Gasteiger partial charge in [0, 0.05) is 108 Å². The number of likely N-dealkylation sites (tertiary alicyclic amines) is 3. The molecule has 75 heavy (non-hydrogen) atoms. The number of benzene rings is 1. The van der Waals surface area contributed by atoms with Gasteiger partial charge in [-0.25, -0.2) is 38.6 Å². The highest BCUT2D eigenvalue weighted by Gasteiger charge is 2.52. The summed E-state index contributed by atoms with van der Waals surface area (Å²) in [4.78, 5) is 75.0. The molecule has 6 fully saturated rings. The van der Waals surface area contributed by atoms with Crippen molar-refractivity contribution in [2.45, 2.75) is 96.9 Å². The number of urea groups is 1. The van der Waals surface area contributed by atoms with Crippen molar-refractivity contribution >= 4 is 63.7 Å². The van der Waals surface area contributed by atoms with Gasteiger partial charge >= 0.3 is 12.1 Å². The van der Waals surface area contributed by atoms with Crippen LogP contribution in [-0.4, -0.2) is 156 Å². The van der Waals surface area contributed by atoms with Crippen molar-refractivity contribution in [3.63, 3.8) is 0 Å². The molecule has 0 atom stereocenters. The summed E-state index contributed by atoms with van der Waals surface area (Å²) in [5.41, 5.74) is 12.1. The molecule has 0 unspecified atom stereocenters. The molecule has 1 aliphatic carbocycles. The zero-order valence-electron chi connectivity index (χ0n) is 43.5. The summed E-state index contributed by atoms with van der Waals surface area (Å²) in [5, 5.41) is 17.4. The van der Waals surface area contributed by atoms with E-state index < -0.39 is 6.03 Å². The van der Waals surface area contributed by atoms with Gasteiger partial charge in [-0.2, -0.15) is 10.2 Å². The number of carbonyl (C=O) groups excluding carboxylic acids is 4. The molecule has 5 aliphatic heterocycles. The molecule has 1 saturated carbocycles. The number of carbonyl (C=O) groups is 4. The molecular weight excluding hydrogens is 964 g/mol. The third-order valence-corrected chi connectivity index (χ3v) is 15.8. The van der Waals surface area contributed by atoms with Crippen LogP contribution in [0.3, 0.4) is 0 Å². The van der Waals surface area contributed by atoms with Crippen LogP contribution in [0.4, 0.5) is 31.3 Å². The Kier molecular flexibility index (Phi) is 12.9. The second kappa shape index (κ2) is 19.4. The average Bonchev–Trinajstić information content (AvgIpc) is 3.89. The number of aromatic nitrogens is 9. The zero-order valence-corrected chi connectivity index (χ0v) is 43.5. The lowest BCUT2D eigenvalue weighted by molar-refractivity contribution is -0.120. The van der Waals surface area contributed by atoms with Crippen LogP contribution in [0.25, 0.3) is 44.7 Å². The molecule has 5 amide bonds. The SMILES string of the molecule is CCOC(=O)N1CCC(c2cnc(-c3c(-c4nn(C(C)(C)C)c5ncnc(N)c45)noc3C3CC3)nc2C)CC1.Cn1nc(N2CCC(=O)NC2=O)c2cc(F)c(N3CC4(CN(CC5CCN(C=O)CC5)C4)C3)cc21. The topological polar surface area (TPSA) is 245 Å². The van der Waals surface area contributed by atoms with Crippen LogP contribution in [0.2, 0.25) is 0 Å². The summed E-state index contributed by atoms with van der Waals surface area (Å²) in [7, 11) is 1.78. The lowest BCUT2D eigenvalue weighted by Gasteiger charge is -2.61. The predicted molar refractivity (Wildman–Crippen MR) is 276 cm³/mol. The second-order valence-corrected chi connectivity index (χ2v) is 22.3. The highest BCUT2D eigenvalue weighted by atomic mass is 19.1. The minimum absolute atomic E-state index is 0.190. The Bertz CT molecular complexity index is 3180. The summed E-state index contributed by atoms with van der Waals surface area (Å²) >= 11 is 0. The predicted octanol–water partition coefficient (Wildman–Crippen LogP) is 5.95. The van der Waals surface area contributed by atoms with Crippen LogP contribution < -0.4 is 20.9 Å². The van der Waals surface area contributed by atoms with Gasteiger partial charge < -0.3 is 34.6 Å². The molecule has 3 N–H and O–H groups in total. The van der Waals surface area contributed by atoms with E-state index >= 15 is 4.39 Å². The van der Waals surface area contributed by atoms with E-state index in [4.69, 9.17) is 30.1 Å². The number of ether oxygens (including phenoxy) is 1. The number of imide groups is 1. The van der Waals surface area contributed by atoms with Gasteiger partial charge in [0.2, 0.25) is 12.3 Å². The molecule has 6 aromatic rings. The van der Waals surface area contributed by atoms with Gasteiger partial charge in [0.25, 0.3) is 0 Å². The molecule has 22 nitrogen and oxygen atoms in total. The van der Waals surface area contributed by atoms with Crippen molar-refractivity contribution in [3.05, 3.63) is 47.5 Å². The smallest absolute Gasteiger partial charge is 0.409 e. The molecule has 5 saturated heterocycles. The van der Waals surface area contributed by atoms with Gasteiger partial charge in [-0.1, -0.05) is 5.16 Å². The first-order valence-corrected chi connectivity index (χ1v) is 26.2. The molecule has 0 bridgehead atoms. The largest absolute Gasteiger partial charge is 0.450 e. The monoisotopic (exact) mass is 1030 g/mol. The van der Waals surface area contributed by atoms with E-state index in [1.165, 1.54) is 17.3 Å². The van der Waals surface area contributed by atoms with Crippen LogP contribution in [0.5, 0.6) is 0 Å². The summed E-state index contributed by atoms with van der Waals surface area (Å²) < 4.78 is 29.9. The standard InChI is InChI=1S/C28H35N9O3.C24H30FN7O3/c1-6-39-27(38)36-11-9-16(10-12-36)18-13-30-25(33-15(18)2)19-22(35-40-23(19)17-7-8-17)21-20-24(29)31-14-32-26(20)37(34-21)28(3,4)5;1-28-19-9-20(18(25)8-17(19)22(27-28)32-7-4-21(34)26-23(32)35)31-13-24(14-31)11-30(12-24)10-16-2-5-29(15-33)6-3-16/h13-14,16-17H,6-12H2,1-5H3,(H2,29,31,32);8-9,15-16H,2-7,10-14H2,1H3,(H,26,34,35). The molecule has 23 heteroatoms. The number of hydrogen-bond donors (Lipinski definition) is 2. The number of halogens is 1. The van der Waals surface area contributed by atoms with Crippen molar-refractivity contribution < 1.29 is 32.8 Å². The van der Waals surface area contributed by atoms with Gasteiger partial charge in [0.15, 0.2) is 23.0 Å². The number of anilines is 3. The number of fused-ring (bicyclic) bond motifs is 2. The minimum Gasteiger partial charge on any atom is -0.450 e. The summed E-state index contributed by atoms with van der Waals surface area (Å²) in [6.07, 6.45) is 10.1. The number of aryl methyl sites for hydroxylation is 2. The van der Waals surface area contributed by atoms with Crippen molar-refractivity contribution in [3.8, 4) is 22.8 Å². The van der Waals surface area contributed by atoms with E-state index in [0.29, 0.717) is 76.6 Å². The van der Waals surface area contributed by atoms with E-state index in [2.05, 4.69) is 56.1 Å². The maximum atomic E-state index is 15.2. The molecule has 12 rings (SSSR count). The number of amides is 5. The zero-order chi connectivity index (χ0) is 52.5. The van der Waals surface area contributed by atoms with Crippen molar-refractivity contribution in [1.82, 2.24) is 64.7 Å². The molecule has 5 aromatic heterocycles. The third-order valence-electron chi connectivity index (χ3n) is 15.8. The first-order chi connectivity index (χ1) is 36.0. The highest BCUT2D eigenvalue weighted by Crippen LogP contribution is 2.49.